The highest BCUT2D eigenvalue weighted by atomic mass is 35.5. The molecule has 1 N–H and O–H groups in total. The Bertz CT molecular complexity index is 1460. The first kappa shape index (κ1) is 30.5. The number of rotatable bonds is 10. The van der Waals surface area contributed by atoms with Gasteiger partial charge in [-0.3, -0.25) is 13.9 Å². The molecule has 0 spiro atoms. The number of benzene rings is 3. The third-order valence-corrected chi connectivity index (χ3v) is 8.86. The van der Waals surface area contributed by atoms with Gasteiger partial charge in [0.25, 0.3) is 10.0 Å². The van der Waals surface area contributed by atoms with Gasteiger partial charge in [-0.2, -0.15) is 0 Å². The molecule has 3 aromatic carbocycles. The zero-order valence-electron chi connectivity index (χ0n) is 22.7. The van der Waals surface area contributed by atoms with Crippen LogP contribution in [0.15, 0.2) is 65.6 Å². The van der Waals surface area contributed by atoms with E-state index >= 15 is 0 Å². The fourth-order valence-electron chi connectivity index (χ4n) is 4.36. The highest BCUT2D eigenvalue weighted by Crippen LogP contribution is 2.29. The molecule has 0 aliphatic carbocycles. The maximum absolute atomic E-state index is 14.0. The average molecular weight is 591 g/mol. The summed E-state index contributed by atoms with van der Waals surface area (Å²) in [6.45, 7) is 6.84. The van der Waals surface area contributed by atoms with Crippen molar-refractivity contribution < 1.29 is 18.0 Å². The van der Waals surface area contributed by atoms with Crippen LogP contribution in [0.25, 0.3) is 0 Å². The van der Waals surface area contributed by atoms with Gasteiger partial charge in [0, 0.05) is 23.6 Å². The van der Waals surface area contributed by atoms with Gasteiger partial charge in [0.15, 0.2) is 0 Å². The third-order valence-electron chi connectivity index (χ3n) is 6.50. The van der Waals surface area contributed by atoms with Crippen molar-refractivity contribution in [3.8, 4) is 0 Å². The molecule has 1 atom stereocenters. The van der Waals surface area contributed by atoms with Crippen LogP contribution in [-0.2, 0) is 26.2 Å². The van der Waals surface area contributed by atoms with E-state index < -0.39 is 28.5 Å². The Hall–Kier alpha value is -3.07. The lowest BCUT2D eigenvalue weighted by Gasteiger charge is -2.33. The second-order valence-electron chi connectivity index (χ2n) is 9.41. The van der Waals surface area contributed by atoms with Gasteiger partial charge >= 0.3 is 0 Å². The molecule has 0 aromatic heterocycles. The first-order valence-corrected chi connectivity index (χ1v) is 14.7. The molecular weight excluding hydrogens is 557 g/mol. The number of sulfonamides is 1. The first-order valence-electron chi connectivity index (χ1n) is 12.5. The molecule has 0 fully saturated rings. The number of halogens is 2. The predicted molar refractivity (Wildman–Crippen MR) is 157 cm³/mol. The molecule has 0 saturated heterocycles. The summed E-state index contributed by atoms with van der Waals surface area (Å²) in [7, 11) is -2.65. The maximum Gasteiger partial charge on any atom is 0.264 e. The van der Waals surface area contributed by atoms with Gasteiger partial charge in [0.05, 0.1) is 10.6 Å². The quantitative estimate of drug-likeness (QED) is 0.330. The zero-order valence-corrected chi connectivity index (χ0v) is 25.0. The van der Waals surface area contributed by atoms with E-state index in [1.807, 2.05) is 19.9 Å². The molecular formula is C29H33Cl2N3O4S. The minimum atomic E-state index is -4.14. The van der Waals surface area contributed by atoms with Crippen LogP contribution in [0.1, 0.15) is 35.6 Å². The van der Waals surface area contributed by atoms with E-state index in [1.54, 1.807) is 56.3 Å². The Kier molecular flexibility index (Phi) is 10.0. The molecule has 3 aromatic rings. The van der Waals surface area contributed by atoms with Gasteiger partial charge in [-0.05, 0) is 68.7 Å². The standard InChI is InChI=1S/C29H33Cl2N3O4S/c1-6-26(29(36)32-5)33(17-22-10-11-23(30)16-25(22)31)28(35)18-34(27-14-9-20(3)15-21(27)4)39(37,38)24-12-7-19(2)8-13-24/h7-16,26H,6,17-18H2,1-5H3,(H,32,36). The van der Waals surface area contributed by atoms with Gasteiger partial charge in [0.2, 0.25) is 11.8 Å². The van der Waals surface area contributed by atoms with Crippen molar-refractivity contribution in [3.63, 3.8) is 0 Å². The predicted octanol–water partition coefficient (Wildman–Crippen LogP) is 5.67. The normalized spacial score (nSPS) is 12.1. The number of aryl methyl sites for hydroxylation is 3. The smallest absolute Gasteiger partial charge is 0.264 e. The summed E-state index contributed by atoms with van der Waals surface area (Å²) in [6.07, 6.45) is 0.310. The van der Waals surface area contributed by atoms with Crippen LogP contribution in [0.2, 0.25) is 10.0 Å². The third kappa shape index (κ3) is 7.12. The van der Waals surface area contributed by atoms with E-state index in [-0.39, 0.29) is 17.3 Å². The van der Waals surface area contributed by atoms with Crippen LogP contribution in [0.4, 0.5) is 5.69 Å². The van der Waals surface area contributed by atoms with Gasteiger partial charge in [0.1, 0.15) is 12.6 Å². The molecule has 2 amide bonds. The van der Waals surface area contributed by atoms with Crippen LogP contribution in [-0.4, -0.2) is 44.8 Å². The minimum absolute atomic E-state index is 0.00788. The Morgan fingerprint density at radius 3 is 2.13 bits per heavy atom. The molecule has 0 radical (unpaired) electrons. The van der Waals surface area contributed by atoms with Crippen molar-refractivity contribution in [1.82, 2.24) is 10.2 Å². The number of hydrogen-bond acceptors (Lipinski definition) is 4. The molecule has 208 valence electrons. The number of carbonyl (C=O) groups is 2. The Balaban J connectivity index is 2.11. The van der Waals surface area contributed by atoms with Crippen LogP contribution in [0, 0.1) is 20.8 Å². The number of nitrogens with zero attached hydrogens (tertiary/aromatic N) is 2. The number of hydrogen-bond donors (Lipinski definition) is 1. The van der Waals surface area contributed by atoms with Crippen molar-refractivity contribution in [2.75, 3.05) is 17.9 Å². The van der Waals surface area contributed by atoms with Crippen LogP contribution >= 0.6 is 23.2 Å². The van der Waals surface area contributed by atoms with Gasteiger partial charge in [-0.25, -0.2) is 8.42 Å². The lowest BCUT2D eigenvalue weighted by molar-refractivity contribution is -0.140. The fourth-order valence-corrected chi connectivity index (χ4v) is 6.30. The summed E-state index contributed by atoms with van der Waals surface area (Å²) in [6, 6.07) is 15.9. The number of likely N-dealkylation sites (N-methyl/N-ethyl adjacent to an activating group) is 1. The van der Waals surface area contributed by atoms with Crippen molar-refractivity contribution in [1.29, 1.82) is 0 Å². The Labute approximate surface area is 240 Å². The molecule has 1 unspecified atom stereocenters. The number of anilines is 1. The number of carbonyl (C=O) groups excluding carboxylic acids is 2. The second kappa shape index (κ2) is 12.9. The summed E-state index contributed by atoms with van der Waals surface area (Å²) in [4.78, 5) is 28.3. The highest BCUT2D eigenvalue weighted by molar-refractivity contribution is 7.92. The second-order valence-corrected chi connectivity index (χ2v) is 12.1. The van der Waals surface area contributed by atoms with E-state index in [4.69, 9.17) is 23.2 Å². The van der Waals surface area contributed by atoms with Gasteiger partial charge in [-0.15, -0.1) is 0 Å². The number of nitrogens with one attached hydrogen (secondary N) is 1. The minimum Gasteiger partial charge on any atom is -0.357 e. The Morgan fingerprint density at radius 2 is 1.56 bits per heavy atom. The average Bonchev–Trinajstić information content (AvgIpc) is 2.88. The zero-order chi connectivity index (χ0) is 28.9. The first-order chi connectivity index (χ1) is 18.4. The summed E-state index contributed by atoms with van der Waals surface area (Å²) in [5.41, 5.74) is 3.53. The summed E-state index contributed by atoms with van der Waals surface area (Å²) < 4.78 is 29.0. The lowest BCUT2D eigenvalue weighted by atomic mass is 10.1. The van der Waals surface area contributed by atoms with Gasteiger partial charge < -0.3 is 10.2 Å². The fraction of sp³-hybridized carbons (Fsp3) is 0.310. The van der Waals surface area contributed by atoms with E-state index in [0.717, 1.165) is 15.4 Å². The summed E-state index contributed by atoms with van der Waals surface area (Å²) in [5.74, 6) is -0.914. The van der Waals surface area contributed by atoms with E-state index in [0.29, 0.717) is 33.3 Å². The molecule has 39 heavy (non-hydrogen) atoms. The molecule has 0 aliphatic rings. The van der Waals surface area contributed by atoms with Crippen molar-refractivity contribution in [3.05, 3.63) is 93.0 Å². The van der Waals surface area contributed by atoms with Crippen molar-refractivity contribution in [2.24, 2.45) is 0 Å². The Morgan fingerprint density at radius 1 is 0.923 bits per heavy atom. The van der Waals surface area contributed by atoms with Crippen molar-refractivity contribution in [2.45, 2.75) is 51.6 Å². The summed E-state index contributed by atoms with van der Waals surface area (Å²) >= 11 is 12.5. The molecule has 0 bridgehead atoms. The lowest BCUT2D eigenvalue weighted by Crippen LogP contribution is -2.51. The molecule has 10 heteroatoms. The van der Waals surface area contributed by atoms with E-state index in [9.17, 15) is 18.0 Å². The SMILES string of the molecule is CCC(C(=O)NC)N(Cc1ccc(Cl)cc1Cl)C(=O)CN(c1ccc(C)cc1C)S(=O)(=O)c1ccc(C)cc1. The monoisotopic (exact) mass is 589 g/mol. The van der Waals surface area contributed by atoms with Crippen LogP contribution < -0.4 is 9.62 Å². The highest BCUT2D eigenvalue weighted by Gasteiger charge is 2.34. The largest absolute Gasteiger partial charge is 0.357 e. The molecule has 0 heterocycles. The molecule has 3 rings (SSSR count). The van der Waals surface area contributed by atoms with Crippen LogP contribution in [0.3, 0.4) is 0 Å². The van der Waals surface area contributed by atoms with Crippen molar-refractivity contribution >= 4 is 50.7 Å². The topological polar surface area (TPSA) is 86.8 Å². The summed E-state index contributed by atoms with van der Waals surface area (Å²) in [5, 5.41) is 3.38. The molecule has 0 aliphatic heterocycles. The number of amides is 2. The molecule has 7 nitrogen and oxygen atoms in total. The van der Waals surface area contributed by atoms with E-state index in [1.165, 1.54) is 24.1 Å². The van der Waals surface area contributed by atoms with Gasteiger partial charge in [-0.1, -0.05) is 71.6 Å². The van der Waals surface area contributed by atoms with Crippen LogP contribution in [0.5, 0.6) is 0 Å². The maximum atomic E-state index is 14.0. The molecule has 0 saturated carbocycles. The van der Waals surface area contributed by atoms with E-state index in [2.05, 4.69) is 5.32 Å².